The van der Waals surface area contributed by atoms with Crippen molar-refractivity contribution < 1.29 is 19.4 Å². The fourth-order valence-corrected chi connectivity index (χ4v) is 4.91. The lowest BCUT2D eigenvalue weighted by atomic mass is 9.92. The molecule has 1 saturated heterocycles. The molecule has 8 nitrogen and oxygen atoms in total. The van der Waals surface area contributed by atoms with Crippen molar-refractivity contribution in [2.75, 3.05) is 31.1 Å². The summed E-state index contributed by atoms with van der Waals surface area (Å²) in [7, 11) is 0. The van der Waals surface area contributed by atoms with Gasteiger partial charge in [-0.3, -0.25) is 9.59 Å². The topological polar surface area (TPSA) is 105 Å². The maximum atomic E-state index is 12.6. The summed E-state index contributed by atoms with van der Waals surface area (Å²) in [5, 5.41) is 13.4. The number of hydrogen-bond donors (Lipinski definition) is 2. The zero-order chi connectivity index (χ0) is 22.7. The highest BCUT2D eigenvalue weighted by Crippen LogP contribution is 2.35. The van der Waals surface area contributed by atoms with Gasteiger partial charge >= 0.3 is 0 Å². The van der Waals surface area contributed by atoms with Gasteiger partial charge in [0.2, 0.25) is 0 Å². The lowest BCUT2D eigenvalue weighted by Crippen LogP contribution is -2.41. The van der Waals surface area contributed by atoms with E-state index in [1.165, 1.54) is 16.5 Å². The average Bonchev–Trinajstić information content (AvgIpc) is 3.10. The number of carbonyl (C=O) groups is 2. The van der Waals surface area contributed by atoms with Gasteiger partial charge in [-0.2, -0.15) is 0 Å². The summed E-state index contributed by atoms with van der Waals surface area (Å²) in [6.45, 7) is 5.39. The molecule has 1 aromatic carbocycles. The van der Waals surface area contributed by atoms with Crippen LogP contribution in [0.2, 0.25) is 0 Å². The van der Waals surface area contributed by atoms with Gasteiger partial charge in [0.05, 0.1) is 11.9 Å². The van der Waals surface area contributed by atoms with Gasteiger partial charge < -0.3 is 20.1 Å². The first-order chi connectivity index (χ1) is 15.4. The Kier molecular flexibility index (Phi) is 6.55. The van der Waals surface area contributed by atoms with E-state index in [1.807, 2.05) is 0 Å². The molecular formula is C23H26N4O4S. The van der Waals surface area contributed by atoms with E-state index < -0.39 is 5.91 Å². The van der Waals surface area contributed by atoms with Gasteiger partial charge in [-0.15, -0.1) is 11.3 Å². The van der Waals surface area contributed by atoms with Crippen molar-refractivity contribution >= 4 is 39.1 Å². The lowest BCUT2D eigenvalue weighted by Gasteiger charge is -2.32. The van der Waals surface area contributed by atoms with Gasteiger partial charge in [-0.05, 0) is 44.4 Å². The minimum absolute atomic E-state index is 0.0196. The molecule has 168 valence electrons. The van der Waals surface area contributed by atoms with E-state index in [-0.39, 0.29) is 36.4 Å². The molecule has 0 radical (unpaired) electrons. The number of phenols is 1. The number of anilines is 1. The number of fused-ring (bicyclic) bond motifs is 1. The maximum Gasteiger partial charge on any atom is 0.258 e. The van der Waals surface area contributed by atoms with Crippen molar-refractivity contribution in [1.82, 2.24) is 15.3 Å². The van der Waals surface area contributed by atoms with Crippen LogP contribution in [0.25, 0.3) is 10.2 Å². The molecule has 1 fully saturated rings. The van der Waals surface area contributed by atoms with E-state index in [0.29, 0.717) is 0 Å². The van der Waals surface area contributed by atoms with Gasteiger partial charge in [0.25, 0.3) is 5.91 Å². The number of amides is 1. The summed E-state index contributed by atoms with van der Waals surface area (Å²) in [6.07, 6.45) is 3.05. The summed E-state index contributed by atoms with van der Waals surface area (Å²) in [5.74, 6) is 0.681. The Morgan fingerprint density at radius 2 is 1.97 bits per heavy atom. The predicted octanol–water partition coefficient (Wildman–Crippen LogP) is 2.99. The van der Waals surface area contributed by atoms with Gasteiger partial charge in [0, 0.05) is 23.9 Å². The number of thiophene rings is 1. The zero-order valence-electron chi connectivity index (χ0n) is 18.1. The molecule has 2 aromatic heterocycles. The number of piperidine rings is 1. The Morgan fingerprint density at radius 1 is 1.22 bits per heavy atom. The molecule has 2 N–H and O–H groups in total. The summed E-state index contributed by atoms with van der Waals surface area (Å²) >= 11 is 1.68. The fourth-order valence-electron chi connectivity index (χ4n) is 3.92. The number of aryl methyl sites for hydroxylation is 2. The van der Waals surface area contributed by atoms with Crippen LogP contribution in [0.3, 0.4) is 0 Å². The monoisotopic (exact) mass is 454 g/mol. The zero-order valence-corrected chi connectivity index (χ0v) is 18.9. The van der Waals surface area contributed by atoms with Crippen LogP contribution in [0.4, 0.5) is 5.82 Å². The normalized spacial score (nSPS) is 14.5. The number of hydrogen-bond acceptors (Lipinski definition) is 8. The molecule has 0 bridgehead atoms. The van der Waals surface area contributed by atoms with Crippen LogP contribution in [-0.4, -0.2) is 53.0 Å². The van der Waals surface area contributed by atoms with E-state index in [9.17, 15) is 14.7 Å². The van der Waals surface area contributed by atoms with E-state index in [4.69, 9.17) is 4.74 Å². The summed E-state index contributed by atoms with van der Waals surface area (Å²) in [5.41, 5.74) is 1.22. The second-order valence-electron chi connectivity index (χ2n) is 7.92. The number of nitrogens with zero attached hydrogens (tertiary/aromatic N) is 3. The van der Waals surface area contributed by atoms with Crippen LogP contribution in [0, 0.1) is 19.8 Å². The standard InChI is InChI=1S/C23H26N4O4S/c1-14-15(2)32-23-21(14)22(25-13-26-23)27-9-7-16(8-10-27)18(29)11-24-20(30)12-31-19-6-4-3-5-17(19)28/h3-6,13,16,28H,7-12H2,1-2H3,(H,24,30). The number of benzene rings is 1. The third-order valence-corrected chi connectivity index (χ3v) is 6.99. The number of aromatic hydroxyl groups is 1. The molecule has 3 heterocycles. The second-order valence-corrected chi connectivity index (χ2v) is 9.12. The van der Waals surface area contributed by atoms with Crippen molar-refractivity contribution in [3.8, 4) is 11.5 Å². The van der Waals surface area contributed by atoms with Crippen molar-refractivity contribution in [2.45, 2.75) is 26.7 Å². The number of phenolic OH excluding ortho intramolecular Hbond substituents is 1. The highest BCUT2D eigenvalue weighted by Gasteiger charge is 2.27. The Balaban J connectivity index is 1.27. The molecule has 1 amide bonds. The molecule has 0 spiro atoms. The number of ether oxygens (including phenoxy) is 1. The molecule has 1 aliphatic rings. The predicted molar refractivity (Wildman–Crippen MR) is 123 cm³/mol. The molecule has 0 unspecified atom stereocenters. The van der Waals surface area contributed by atoms with Gasteiger partial charge in [-0.25, -0.2) is 9.97 Å². The van der Waals surface area contributed by atoms with E-state index in [2.05, 4.69) is 34.0 Å². The highest BCUT2D eigenvalue weighted by molar-refractivity contribution is 7.18. The number of Topliss-reactive ketones (excluding diaryl/α,β-unsaturated/α-hetero) is 1. The molecule has 0 aliphatic carbocycles. The maximum absolute atomic E-state index is 12.6. The van der Waals surface area contributed by atoms with Crippen molar-refractivity contribution in [1.29, 1.82) is 0 Å². The Morgan fingerprint density at radius 3 is 2.72 bits per heavy atom. The Hall–Kier alpha value is -3.20. The summed E-state index contributed by atoms with van der Waals surface area (Å²) in [4.78, 5) is 38.0. The molecule has 0 saturated carbocycles. The molecule has 3 aromatic rings. The highest BCUT2D eigenvalue weighted by atomic mass is 32.1. The van der Waals surface area contributed by atoms with Gasteiger partial charge in [0.15, 0.2) is 23.9 Å². The molecule has 32 heavy (non-hydrogen) atoms. The van der Waals surface area contributed by atoms with E-state index >= 15 is 0 Å². The average molecular weight is 455 g/mol. The van der Waals surface area contributed by atoms with Crippen molar-refractivity contribution in [3.63, 3.8) is 0 Å². The number of rotatable bonds is 7. The number of para-hydroxylation sites is 2. The smallest absolute Gasteiger partial charge is 0.258 e. The fraction of sp³-hybridized carbons (Fsp3) is 0.391. The molecule has 0 atom stereocenters. The number of carbonyl (C=O) groups excluding carboxylic acids is 2. The molecule has 9 heteroatoms. The van der Waals surface area contributed by atoms with Crippen molar-refractivity contribution in [2.24, 2.45) is 5.92 Å². The third-order valence-electron chi connectivity index (χ3n) is 5.88. The SMILES string of the molecule is Cc1sc2ncnc(N3CCC(C(=O)CNC(=O)COc4ccccc4O)CC3)c2c1C. The number of nitrogens with one attached hydrogen (secondary N) is 1. The number of aromatic nitrogens is 2. The first kappa shape index (κ1) is 22.0. The lowest BCUT2D eigenvalue weighted by molar-refractivity contribution is -0.128. The van der Waals surface area contributed by atoms with Crippen LogP contribution in [0.15, 0.2) is 30.6 Å². The van der Waals surface area contributed by atoms with Crippen LogP contribution < -0.4 is 15.0 Å². The van der Waals surface area contributed by atoms with Crippen molar-refractivity contribution in [3.05, 3.63) is 41.0 Å². The molecular weight excluding hydrogens is 428 g/mol. The first-order valence-corrected chi connectivity index (χ1v) is 11.4. The minimum Gasteiger partial charge on any atom is -0.504 e. The largest absolute Gasteiger partial charge is 0.504 e. The van der Waals surface area contributed by atoms with Crippen LogP contribution >= 0.6 is 11.3 Å². The van der Waals surface area contributed by atoms with E-state index in [0.717, 1.165) is 42.0 Å². The Bertz CT molecular complexity index is 1140. The van der Waals surface area contributed by atoms with Crippen LogP contribution in [-0.2, 0) is 9.59 Å². The molecule has 4 rings (SSSR count). The van der Waals surface area contributed by atoms with Gasteiger partial charge in [-0.1, -0.05) is 12.1 Å². The number of ketones is 1. The van der Waals surface area contributed by atoms with Crippen LogP contribution in [0.5, 0.6) is 11.5 Å². The molecule has 1 aliphatic heterocycles. The second kappa shape index (κ2) is 9.52. The minimum atomic E-state index is -0.397. The summed E-state index contributed by atoms with van der Waals surface area (Å²) < 4.78 is 5.29. The Labute approximate surface area is 190 Å². The van der Waals surface area contributed by atoms with Crippen LogP contribution in [0.1, 0.15) is 23.3 Å². The van der Waals surface area contributed by atoms with Gasteiger partial charge in [0.1, 0.15) is 17.0 Å². The first-order valence-electron chi connectivity index (χ1n) is 10.6. The quantitative estimate of drug-likeness (QED) is 0.565. The van der Waals surface area contributed by atoms with E-state index in [1.54, 1.807) is 35.9 Å². The third kappa shape index (κ3) is 4.67. The summed E-state index contributed by atoms with van der Waals surface area (Å²) in [6, 6.07) is 6.43.